The summed E-state index contributed by atoms with van der Waals surface area (Å²) in [5.41, 5.74) is 1.19. The van der Waals surface area contributed by atoms with Crippen LogP contribution in [0, 0.1) is 5.92 Å². The van der Waals surface area contributed by atoms with Crippen LogP contribution in [0.25, 0.3) is 0 Å². The minimum Gasteiger partial charge on any atom is -0.406 e. The number of carbonyl (C=O) groups excluding carboxylic acids is 1. The van der Waals surface area contributed by atoms with Gasteiger partial charge in [-0.2, -0.15) is 4.31 Å². The van der Waals surface area contributed by atoms with Crippen LogP contribution < -0.4 is 10.1 Å². The third-order valence-electron chi connectivity index (χ3n) is 4.98. The summed E-state index contributed by atoms with van der Waals surface area (Å²) >= 11 is 0. The average molecular weight is 454 g/mol. The maximum absolute atomic E-state index is 12.8. The third-order valence-corrected chi connectivity index (χ3v) is 6.42. The molecule has 2 unspecified atom stereocenters. The maximum Gasteiger partial charge on any atom is 0.573 e. The number of sulfonamides is 1. The van der Waals surface area contributed by atoms with E-state index in [2.05, 4.69) is 16.6 Å². The van der Waals surface area contributed by atoms with Gasteiger partial charge in [0.15, 0.2) is 0 Å². The van der Waals surface area contributed by atoms with Crippen LogP contribution in [-0.2, 0) is 14.8 Å². The Morgan fingerprint density at radius 3 is 2.32 bits per heavy atom. The molecule has 0 spiro atoms. The lowest BCUT2D eigenvalue weighted by Gasteiger charge is -2.36. The van der Waals surface area contributed by atoms with Crippen LogP contribution in [0.4, 0.5) is 18.9 Å². The third kappa shape index (κ3) is 6.08. The zero-order chi connectivity index (χ0) is 22.6. The van der Waals surface area contributed by atoms with Crippen LogP contribution in [-0.4, -0.2) is 38.1 Å². The first-order valence-electron chi connectivity index (χ1n) is 9.41. The Hall–Kier alpha value is -2.85. The largest absolute Gasteiger partial charge is 0.573 e. The average Bonchev–Trinajstić information content (AvgIpc) is 2.74. The van der Waals surface area contributed by atoms with Crippen molar-refractivity contribution in [3.63, 3.8) is 0 Å². The second-order valence-corrected chi connectivity index (χ2v) is 9.01. The van der Waals surface area contributed by atoms with Crippen LogP contribution in [0.15, 0.2) is 66.6 Å². The molecule has 10 heteroatoms. The van der Waals surface area contributed by atoms with Gasteiger partial charge in [0, 0.05) is 24.2 Å². The number of piperidine rings is 1. The van der Waals surface area contributed by atoms with Gasteiger partial charge >= 0.3 is 6.36 Å². The summed E-state index contributed by atoms with van der Waals surface area (Å²) in [5, 5.41) is 3.50. The summed E-state index contributed by atoms with van der Waals surface area (Å²) in [5.74, 6) is -1.67. The summed E-state index contributed by atoms with van der Waals surface area (Å²) in [4.78, 5) is 12.8. The van der Waals surface area contributed by atoms with Crippen LogP contribution in [0.5, 0.6) is 5.75 Å². The molecule has 0 aliphatic carbocycles. The number of nitrogens with zero attached hydrogens (tertiary/aromatic N) is 1. The molecule has 6 nitrogen and oxygen atoms in total. The first-order chi connectivity index (χ1) is 14.6. The first-order valence-corrected chi connectivity index (χ1v) is 10.9. The fraction of sp³-hybridized carbons (Fsp3) is 0.286. The van der Waals surface area contributed by atoms with E-state index < -0.39 is 34.0 Å². The molecule has 0 aromatic heterocycles. The van der Waals surface area contributed by atoms with Gasteiger partial charge in [-0.3, -0.25) is 4.79 Å². The molecular weight excluding hydrogens is 433 g/mol. The maximum atomic E-state index is 12.8. The molecule has 166 valence electrons. The highest BCUT2D eigenvalue weighted by Gasteiger charge is 2.36. The van der Waals surface area contributed by atoms with E-state index in [9.17, 15) is 26.4 Å². The molecule has 1 amide bonds. The van der Waals surface area contributed by atoms with Crippen molar-refractivity contribution in [2.24, 2.45) is 5.92 Å². The minimum absolute atomic E-state index is 0.0151. The summed E-state index contributed by atoms with van der Waals surface area (Å²) in [6.07, 6.45) is -4.38. The van der Waals surface area contributed by atoms with Gasteiger partial charge in [-0.15, -0.1) is 13.2 Å². The molecule has 3 rings (SSSR count). The normalized spacial score (nSPS) is 20.1. The Labute approximate surface area is 178 Å². The monoisotopic (exact) mass is 454 g/mol. The molecule has 1 heterocycles. The van der Waals surface area contributed by atoms with Crippen LogP contribution in [0.2, 0.25) is 0 Å². The second-order valence-electron chi connectivity index (χ2n) is 7.13. The van der Waals surface area contributed by atoms with Crippen molar-refractivity contribution in [3.05, 3.63) is 72.1 Å². The Kier molecular flexibility index (Phi) is 6.71. The molecule has 31 heavy (non-hydrogen) atoms. The molecular formula is C21H21F3N2O4S. The summed E-state index contributed by atoms with van der Waals surface area (Å²) in [7, 11) is -3.73. The van der Waals surface area contributed by atoms with Gasteiger partial charge in [-0.25, -0.2) is 8.42 Å². The number of anilines is 1. The van der Waals surface area contributed by atoms with E-state index in [-0.39, 0.29) is 24.7 Å². The Morgan fingerprint density at radius 2 is 1.74 bits per heavy atom. The van der Waals surface area contributed by atoms with Crippen LogP contribution in [0.3, 0.4) is 0 Å². The SMILES string of the molecule is C=CS(=O)(=O)N1CC(C(=O)Nc2ccc(OC(F)(F)F)cc2)CC(c2ccccc2)C1. The number of carbonyl (C=O) groups is 1. The molecule has 0 saturated carbocycles. The van der Waals surface area contributed by atoms with Crippen molar-refractivity contribution in [1.29, 1.82) is 0 Å². The van der Waals surface area contributed by atoms with E-state index in [4.69, 9.17) is 0 Å². The van der Waals surface area contributed by atoms with Gasteiger partial charge in [-0.1, -0.05) is 36.9 Å². The van der Waals surface area contributed by atoms with Crippen molar-refractivity contribution in [2.45, 2.75) is 18.7 Å². The van der Waals surface area contributed by atoms with E-state index in [0.717, 1.165) is 23.1 Å². The van der Waals surface area contributed by atoms with Crippen LogP contribution >= 0.6 is 0 Å². The number of ether oxygens (including phenoxy) is 1. The highest BCUT2D eigenvalue weighted by Crippen LogP contribution is 2.33. The zero-order valence-corrected chi connectivity index (χ0v) is 17.2. The van der Waals surface area contributed by atoms with E-state index in [1.807, 2.05) is 30.3 Å². The molecule has 2 atom stereocenters. The molecule has 1 aliphatic rings. The topological polar surface area (TPSA) is 75.7 Å². The predicted octanol–water partition coefficient (Wildman–Crippen LogP) is 4.10. The second kappa shape index (κ2) is 9.11. The number of nitrogens with one attached hydrogen (secondary N) is 1. The van der Waals surface area contributed by atoms with Gasteiger partial charge in [0.1, 0.15) is 5.75 Å². The molecule has 1 saturated heterocycles. The van der Waals surface area contributed by atoms with Crippen molar-refractivity contribution in [1.82, 2.24) is 4.31 Å². The van der Waals surface area contributed by atoms with Crippen LogP contribution in [0.1, 0.15) is 17.9 Å². The van der Waals surface area contributed by atoms with Gasteiger partial charge in [0.25, 0.3) is 0 Å². The first kappa shape index (κ1) is 22.8. The summed E-state index contributed by atoms with van der Waals surface area (Å²) in [6.45, 7) is 3.57. The molecule has 1 fully saturated rings. The predicted molar refractivity (Wildman–Crippen MR) is 110 cm³/mol. The zero-order valence-electron chi connectivity index (χ0n) is 16.4. The van der Waals surface area contributed by atoms with E-state index >= 15 is 0 Å². The number of rotatable bonds is 6. The number of hydrogen-bond acceptors (Lipinski definition) is 4. The Bertz CT molecular complexity index is 1020. The van der Waals surface area contributed by atoms with Gasteiger partial charge in [0.05, 0.1) is 5.92 Å². The molecule has 0 radical (unpaired) electrons. The number of alkyl halides is 3. The minimum atomic E-state index is -4.81. The highest BCUT2D eigenvalue weighted by molar-refractivity contribution is 7.92. The molecule has 2 aromatic rings. The number of amides is 1. The molecule has 1 aliphatic heterocycles. The van der Waals surface area contributed by atoms with Gasteiger partial charge in [-0.05, 0) is 42.2 Å². The Morgan fingerprint density at radius 1 is 1.10 bits per heavy atom. The number of benzene rings is 2. The van der Waals surface area contributed by atoms with Gasteiger partial charge < -0.3 is 10.1 Å². The summed E-state index contributed by atoms with van der Waals surface area (Å²) in [6, 6.07) is 14.0. The molecule has 1 N–H and O–H groups in total. The van der Waals surface area contributed by atoms with Crippen molar-refractivity contribution in [3.8, 4) is 5.75 Å². The number of hydrogen-bond donors (Lipinski definition) is 1. The smallest absolute Gasteiger partial charge is 0.406 e. The number of halogens is 3. The molecule has 0 bridgehead atoms. The Balaban J connectivity index is 1.76. The molecule has 2 aromatic carbocycles. The van der Waals surface area contributed by atoms with Crippen molar-refractivity contribution < 1.29 is 31.1 Å². The lowest BCUT2D eigenvalue weighted by Crippen LogP contribution is -2.46. The highest BCUT2D eigenvalue weighted by atomic mass is 32.2. The standard InChI is InChI=1S/C21H21F3N2O4S/c1-2-31(28,29)26-13-16(15-6-4-3-5-7-15)12-17(14-26)20(27)25-18-8-10-19(11-9-18)30-21(22,23)24/h2-11,16-17H,1,12-14H2,(H,25,27). The quantitative estimate of drug-likeness (QED) is 0.713. The fourth-order valence-electron chi connectivity index (χ4n) is 3.51. The lowest BCUT2D eigenvalue weighted by molar-refractivity contribution is -0.274. The summed E-state index contributed by atoms with van der Waals surface area (Å²) < 4.78 is 66.6. The van der Waals surface area contributed by atoms with Crippen molar-refractivity contribution in [2.75, 3.05) is 18.4 Å². The lowest BCUT2D eigenvalue weighted by atomic mass is 9.85. The van der Waals surface area contributed by atoms with E-state index in [1.54, 1.807) is 0 Å². The van der Waals surface area contributed by atoms with Gasteiger partial charge in [0.2, 0.25) is 15.9 Å². The van der Waals surface area contributed by atoms with Crippen molar-refractivity contribution >= 4 is 21.6 Å². The van der Waals surface area contributed by atoms with E-state index in [1.165, 1.54) is 16.4 Å². The fourth-order valence-corrected chi connectivity index (χ4v) is 4.50. The van der Waals surface area contributed by atoms with E-state index in [0.29, 0.717) is 6.42 Å².